The van der Waals surface area contributed by atoms with Crippen molar-refractivity contribution in [1.29, 1.82) is 0 Å². The molecule has 0 saturated heterocycles. The molecule has 0 atom stereocenters. The van der Waals surface area contributed by atoms with E-state index in [-0.39, 0.29) is 18.7 Å². The van der Waals surface area contributed by atoms with Crippen LogP contribution in [0.5, 0.6) is 0 Å². The molecular weight excluding hydrogens is 418 g/mol. The largest absolute Gasteiger partial charge is 0.460 e. The minimum atomic E-state index is -1.39. The van der Waals surface area contributed by atoms with Gasteiger partial charge in [0.05, 0.1) is 24.8 Å². The molecule has 0 spiro atoms. The molecule has 1 aliphatic heterocycles. The summed E-state index contributed by atoms with van der Waals surface area (Å²) in [6.45, 7) is 11.0. The Bertz CT molecular complexity index is 1000. The number of ether oxygens (including phenoxy) is 2. The highest BCUT2D eigenvalue weighted by Crippen LogP contribution is 2.47. The van der Waals surface area contributed by atoms with Crippen molar-refractivity contribution in [2.75, 3.05) is 4.90 Å². The van der Waals surface area contributed by atoms with Gasteiger partial charge < -0.3 is 14.4 Å². The summed E-state index contributed by atoms with van der Waals surface area (Å²) >= 11 is 0. The second kappa shape index (κ2) is 9.00. The Morgan fingerprint density at radius 2 is 1.27 bits per heavy atom. The maximum atomic E-state index is 14.0. The summed E-state index contributed by atoms with van der Waals surface area (Å²) in [6, 6.07) is 17.0. The normalized spacial score (nSPS) is 15.2. The number of hydrogen-bond donors (Lipinski definition) is 0. The van der Waals surface area contributed by atoms with Crippen molar-refractivity contribution in [3.8, 4) is 0 Å². The fraction of sp³-hybridized carbons (Fsp3) is 0.444. The van der Waals surface area contributed by atoms with Crippen molar-refractivity contribution in [2.45, 2.75) is 77.5 Å². The molecule has 33 heavy (non-hydrogen) atoms. The Morgan fingerprint density at radius 3 is 1.79 bits per heavy atom. The second-order valence-electron chi connectivity index (χ2n) is 10.5. The van der Waals surface area contributed by atoms with Gasteiger partial charge in [0, 0.05) is 5.69 Å². The predicted molar refractivity (Wildman–Crippen MR) is 127 cm³/mol. The average molecular weight is 452 g/mol. The molecule has 1 amide bonds. The van der Waals surface area contributed by atoms with Crippen LogP contribution < -0.4 is 4.90 Å². The molecule has 0 N–H and O–H groups in total. The Hall–Kier alpha value is -3.15. The predicted octanol–water partition coefficient (Wildman–Crippen LogP) is 4.93. The number of benzene rings is 2. The molecule has 0 aromatic heterocycles. The van der Waals surface area contributed by atoms with Gasteiger partial charge in [-0.1, -0.05) is 48.5 Å². The first-order valence-electron chi connectivity index (χ1n) is 11.2. The van der Waals surface area contributed by atoms with Gasteiger partial charge in [0.15, 0.2) is 0 Å². The maximum Gasteiger partial charge on any atom is 0.307 e. The lowest BCUT2D eigenvalue weighted by atomic mass is 9.75. The molecule has 1 aliphatic rings. The molecule has 0 radical (unpaired) electrons. The third kappa shape index (κ3) is 5.81. The number of para-hydroxylation sites is 1. The lowest BCUT2D eigenvalue weighted by Crippen LogP contribution is -2.45. The van der Waals surface area contributed by atoms with Crippen LogP contribution in [0.2, 0.25) is 0 Å². The van der Waals surface area contributed by atoms with E-state index in [1.165, 1.54) is 0 Å². The van der Waals surface area contributed by atoms with Crippen LogP contribution in [0, 0.1) is 0 Å². The molecule has 2 aromatic carbocycles. The van der Waals surface area contributed by atoms with Crippen LogP contribution in [0.4, 0.5) is 5.69 Å². The van der Waals surface area contributed by atoms with E-state index in [0.717, 1.165) is 5.56 Å². The summed E-state index contributed by atoms with van der Waals surface area (Å²) < 4.78 is 11.1. The van der Waals surface area contributed by atoms with E-state index in [0.29, 0.717) is 17.8 Å². The summed E-state index contributed by atoms with van der Waals surface area (Å²) in [5.41, 5.74) is -0.535. The summed E-state index contributed by atoms with van der Waals surface area (Å²) in [5, 5.41) is 0. The van der Waals surface area contributed by atoms with Crippen molar-refractivity contribution in [1.82, 2.24) is 0 Å². The fourth-order valence-corrected chi connectivity index (χ4v) is 4.17. The first-order chi connectivity index (χ1) is 15.3. The van der Waals surface area contributed by atoms with Crippen LogP contribution in [-0.2, 0) is 35.8 Å². The number of nitrogens with zero attached hydrogens (tertiary/aromatic N) is 1. The van der Waals surface area contributed by atoms with Crippen molar-refractivity contribution in [3.05, 3.63) is 65.7 Å². The van der Waals surface area contributed by atoms with Crippen molar-refractivity contribution in [2.24, 2.45) is 0 Å². The van der Waals surface area contributed by atoms with Crippen molar-refractivity contribution < 1.29 is 23.9 Å². The number of esters is 2. The van der Waals surface area contributed by atoms with E-state index in [1.54, 1.807) is 46.4 Å². The third-order valence-electron chi connectivity index (χ3n) is 5.28. The molecule has 0 fully saturated rings. The highest BCUT2D eigenvalue weighted by atomic mass is 16.6. The zero-order valence-corrected chi connectivity index (χ0v) is 20.3. The fourth-order valence-electron chi connectivity index (χ4n) is 4.17. The Labute approximate surface area is 195 Å². The molecule has 6 nitrogen and oxygen atoms in total. The van der Waals surface area contributed by atoms with Gasteiger partial charge in [0.2, 0.25) is 5.91 Å². The van der Waals surface area contributed by atoms with Crippen LogP contribution in [0.25, 0.3) is 0 Å². The molecule has 0 saturated carbocycles. The van der Waals surface area contributed by atoms with Crippen LogP contribution in [-0.4, -0.2) is 29.0 Å². The highest BCUT2D eigenvalue weighted by molar-refractivity contribution is 6.11. The number of amides is 1. The number of carbonyl (C=O) groups is 3. The number of hydrogen-bond acceptors (Lipinski definition) is 5. The van der Waals surface area contributed by atoms with Gasteiger partial charge in [-0.25, -0.2) is 0 Å². The Kier molecular flexibility index (Phi) is 6.68. The standard InChI is InChI=1S/C27H33NO5/c1-25(2,3)32-22(29)16-27(17-23(30)33-26(4,5)6)20-14-10-11-15-21(20)28(24(27)31)18-19-12-8-7-9-13-19/h7-15H,16-18H2,1-6H3. The first-order valence-corrected chi connectivity index (χ1v) is 11.2. The minimum absolute atomic E-state index is 0.245. The summed E-state index contributed by atoms with van der Waals surface area (Å²) in [6.07, 6.45) is -0.491. The van der Waals surface area contributed by atoms with Gasteiger partial charge in [-0.15, -0.1) is 0 Å². The smallest absolute Gasteiger partial charge is 0.307 e. The number of carbonyl (C=O) groups excluding carboxylic acids is 3. The number of anilines is 1. The highest BCUT2D eigenvalue weighted by Gasteiger charge is 2.54. The van der Waals surface area contributed by atoms with Gasteiger partial charge in [-0.2, -0.15) is 0 Å². The van der Waals surface area contributed by atoms with Crippen LogP contribution in [0.3, 0.4) is 0 Å². The molecular formula is C27H33NO5. The maximum absolute atomic E-state index is 14.0. The van der Waals surface area contributed by atoms with Crippen molar-refractivity contribution >= 4 is 23.5 Å². The minimum Gasteiger partial charge on any atom is -0.460 e. The van der Waals surface area contributed by atoms with Gasteiger partial charge in [-0.3, -0.25) is 14.4 Å². The summed E-state index contributed by atoms with van der Waals surface area (Å²) in [5.74, 6) is -1.36. The Balaban J connectivity index is 2.05. The zero-order valence-electron chi connectivity index (χ0n) is 20.3. The number of rotatable bonds is 6. The topological polar surface area (TPSA) is 72.9 Å². The molecule has 0 aliphatic carbocycles. The van der Waals surface area contributed by atoms with E-state index < -0.39 is 28.6 Å². The van der Waals surface area contributed by atoms with Crippen LogP contribution >= 0.6 is 0 Å². The molecule has 176 valence electrons. The molecule has 2 aromatic rings. The van der Waals surface area contributed by atoms with Crippen LogP contribution in [0.1, 0.15) is 65.5 Å². The molecule has 1 heterocycles. The number of fused-ring (bicyclic) bond motifs is 1. The van der Waals surface area contributed by atoms with E-state index in [9.17, 15) is 14.4 Å². The van der Waals surface area contributed by atoms with Gasteiger partial charge in [-0.05, 0) is 58.7 Å². The molecule has 0 unspecified atom stereocenters. The van der Waals surface area contributed by atoms with E-state index in [1.807, 2.05) is 54.6 Å². The molecule has 0 bridgehead atoms. The SMILES string of the molecule is CC(C)(C)OC(=O)CC1(CC(=O)OC(C)(C)C)C(=O)N(Cc2ccccc2)c2ccccc21. The van der Waals surface area contributed by atoms with Gasteiger partial charge >= 0.3 is 11.9 Å². The lowest BCUT2D eigenvalue weighted by Gasteiger charge is -2.30. The molecule has 3 rings (SSSR count). The van der Waals surface area contributed by atoms with Crippen molar-refractivity contribution in [3.63, 3.8) is 0 Å². The van der Waals surface area contributed by atoms with Gasteiger partial charge in [0.1, 0.15) is 11.2 Å². The van der Waals surface area contributed by atoms with Gasteiger partial charge in [0.25, 0.3) is 0 Å². The average Bonchev–Trinajstić information content (AvgIpc) is 2.89. The van der Waals surface area contributed by atoms with Crippen LogP contribution in [0.15, 0.2) is 54.6 Å². The lowest BCUT2D eigenvalue weighted by molar-refractivity contribution is -0.161. The Morgan fingerprint density at radius 1 is 0.788 bits per heavy atom. The monoisotopic (exact) mass is 451 g/mol. The van der Waals surface area contributed by atoms with E-state index >= 15 is 0 Å². The van der Waals surface area contributed by atoms with E-state index in [2.05, 4.69) is 0 Å². The third-order valence-corrected chi connectivity index (χ3v) is 5.28. The second-order valence-corrected chi connectivity index (χ2v) is 10.5. The quantitative estimate of drug-likeness (QED) is 0.582. The summed E-state index contributed by atoms with van der Waals surface area (Å²) in [4.78, 5) is 41.6. The molecule has 6 heteroatoms. The zero-order chi connectivity index (χ0) is 24.4. The summed E-state index contributed by atoms with van der Waals surface area (Å²) in [7, 11) is 0. The first kappa shape index (κ1) is 24.5. The van der Waals surface area contributed by atoms with E-state index in [4.69, 9.17) is 9.47 Å².